The van der Waals surface area contributed by atoms with Gasteiger partial charge in [0, 0.05) is 36.0 Å². The Kier molecular flexibility index (Phi) is 35.5. The summed E-state index contributed by atoms with van der Waals surface area (Å²) >= 11 is 0. The molecular formula is C55H79N7O16. The van der Waals surface area contributed by atoms with Gasteiger partial charge in [0.25, 0.3) is 0 Å². The van der Waals surface area contributed by atoms with Crippen molar-refractivity contribution in [3.05, 3.63) is 101 Å². The molecule has 4 N–H and O–H groups in total. The number of amides is 2. The maximum absolute atomic E-state index is 12.8. The number of nitrogens with one attached hydrogen (secondary N) is 3. The number of carbonyl (C=O) groups excluding carboxylic acids is 2. The average molecular weight is 1090 g/mol. The standard InChI is InChI=1S/C55H79N7O16/c1-44-14-16-58-52(41-44)57-15-4-7-53(63)59-43-54(64)61-50(42-55(65)66)46-10-8-45(9-11-46)47-12-13-51(49-6-3-2-5-48(47)49)78-40-39-77-38-37-76-36-35-75-34-33-74-32-31-73-30-29-72-28-27-71-26-25-70-24-23-69-22-21-68-20-19-67-18-17-60-62-56/h2-3,5-6,8-14,16,41,50H,4,7,15,17-40,42-43H2,1H3,(H,57,58)(H,59,63)(H,61,64)(H,65,66). The van der Waals surface area contributed by atoms with Crippen LogP contribution in [0.15, 0.2) is 84.1 Å². The lowest BCUT2D eigenvalue weighted by Gasteiger charge is -2.19. The highest BCUT2D eigenvalue weighted by Crippen LogP contribution is 2.35. The molecule has 1 atom stereocenters. The van der Waals surface area contributed by atoms with Crippen LogP contribution in [0.5, 0.6) is 5.75 Å². The summed E-state index contributed by atoms with van der Waals surface area (Å²) in [5.41, 5.74) is 11.7. The first-order valence-corrected chi connectivity index (χ1v) is 26.4. The highest BCUT2D eigenvalue weighted by Gasteiger charge is 2.19. The molecule has 0 saturated heterocycles. The lowest BCUT2D eigenvalue weighted by Crippen LogP contribution is -2.39. The van der Waals surface area contributed by atoms with Crippen LogP contribution in [-0.4, -0.2) is 199 Å². The number of aryl methyl sites for hydroxylation is 1. The number of carboxylic acid groups (broad SMARTS) is 1. The van der Waals surface area contributed by atoms with Gasteiger partial charge < -0.3 is 77.9 Å². The van der Waals surface area contributed by atoms with Crippen LogP contribution in [0, 0.1) is 6.92 Å². The Morgan fingerprint density at radius 2 is 1.09 bits per heavy atom. The number of hydrogen-bond acceptors (Lipinski definition) is 18. The second-order valence-electron chi connectivity index (χ2n) is 17.1. The van der Waals surface area contributed by atoms with E-state index in [-0.39, 0.29) is 25.3 Å². The lowest BCUT2D eigenvalue weighted by molar-refractivity contribution is -0.138. The second-order valence-corrected chi connectivity index (χ2v) is 17.1. The van der Waals surface area contributed by atoms with E-state index in [1.165, 1.54) is 0 Å². The zero-order valence-electron chi connectivity index (χ0n) is 44.9. The van der Waals surface area contributed by atoms with Gasteiger partial charge in [0.05, 0.1) is 164 Å². The van der Waals surface area contributed by atoms with Crippen LogP contribution in [0.3, 0.4) is 0 Å². The molecule has 0 fully saturated rings. The summed E-state index contributed by atoms with van der Waals surface area (Å²) in [5, 5.41) is 23.5. The molecule has 3 aromatic carbocycles. The Hall–Kier alpha value is -6.05. The Bertz CT molecular complexity index is 2290. The number of fused-ring (bicyclic) bond motifs is 1. The van der Waals surface area contributed by atoms with Gasteiger partial charge >= 0.3 is 5.97 Å². The van der Waals surface area contributed by atoms with Crippen molar-refractivity contribution in [2.24, 2.45) is 5.11 Å². The molecule has 0 radical (unpaired) electrons. The summed E-state index contributed by atoms with van der Waals surface area (Å²) in [6.07, 6.45) is 2.15. The predicted molar refractivity (Wildman–Crippen MR) is 291 cm³/mol. The van der Waals surface area contributed by atoms with Gasteiger partial charge in [-0.05, 0) is 64.7 Å². The number of rotatable bonds is 49. The van der Waals surface area contributed by atoms with Gasteiger partial charge in [0.1, 0.15) is 18.2 Å². The fourth-order valence-electron chi connectivity index (χ4n) is 7.24. The zero-order chi connectivity index (χ0) is 55.4. The van der Waals surface area contributed by atoms with E-state index in [2.05, 4.69) is 31.0 Å². The topological polar surface area (TPSA) is 280 Å². The molecule has 23 heteroatoms. The van der Waals surface area contributed by atoms with Crippen molar-refractivity contribution in [2.75, 3.05) is 177 Å². The molecule has 4 aromatic rings. The molecule has 0 spiro atoms. The molecule has 0 aliphatic rings. The van der Waals surface area contributed by atoms with Crippen molar-refractivity contribution in [2.45, 2.75) is 32.2 Å². The van der Waals surface area contributed by atoms with Crippen molar-refractivity contribution in [3.8, 4) is 16.9 Å². The summed E-state index contributed by atoms with van der Waals surface area (Å²) in [5.74, 6) is -0.383. The monoisotopic (exact) mass is 1090 g/mol. The Balaban J connectivity index is 0.944. The molecule has 1 unspecified atom stereocenters. The van der Waals surface area contributed by atoms with Gasteiger partial charge in [-0.2, -0.15) is 0 Å². The number of hydrogen-bond donors (Lipinski definition) is 4. The third-order valence-corrected chi connectivity index (χ3v) is 11.1. The Morgan fingerprint density at radius 1 is 0.603 bits per heavy atom. The molecular weight excluding hydrogens is 1010 g/mol. The van der Waals surface area contributed by atoms with Crippen LogP contribution in [-0.2, 0) is 66.5 Å². The van der Waals surface area contributed by atoms with E-state index in [9.17, 15) is 19.5 Å². The highest BCUT2D eigenvalue weighted by atomic mass is 16.6. The third-order valence-electron chi connectivity index (χ3n) is 11.1. The summed E-state index contributed by atoms with van der Waals surface area (Å²) in [4.78, 5) is 43.9. The van der Waals surface area contributed by atoms with Crippen LogP contribution in [0.1, 0.15) is 36.4 Å². The van der Waals surface area contributed by atoms with Gasteiger partial charge in [0.2, 0.25) is 11.8 Å². The molecule has 78 heavy (non-hydrogen) atoms. The SMILES string of the molecule is Cc1ccnc(NCCCC(=O)NCC(=O)NC(CC(=O)O)c2ccc(-c3ccc(OCCOCCOCCOCCOCCOCCOCCOCCOCCOCCOCCOCCN=[N+]=[N-])c4ccccc34)cc2)c1. The minimum Gasteiger partial charge on any atom is -0.491 e. The first kappa shape index (κ1) is 64.5. The normalized spacial score (nSPS) is 11.6. The number of nitrogens with zero attached hydrogens (tertiary/aromatic N) is 4. The number of carboxylic acids is 1. The number of ether oxygens (including phenoxy) is 12. The van der Waals surface area contributed by atoms with Gasteiger partial charge in [-0.15, -0.1) is 0 Å². The third kappa shape index (κ3) is 30.2. The van der Waals surface area contributed by atoms with E-state index in [0.717, 1.165) is 33.3 Å². The largest absolute Gasteiger partial charge is 0.491 e. The molecule has 2 amide bonds. The average Bonchev–Trinajstić information content (AvgIpc) is 3.50. The number of benzene rings is 3. The summed E-state index contributed by atoms with van der Waals surface area (Å²) in [7, 11) is 0. The van der Waals surface area contributed by atoms with E-state index in [0.29, 0.717) is 183 Å². The highest BCUT2D eigenvalue weighted by molar-refractivity contribution is 6.00. The Labute approximate surface area is 456 Å². The minimum absolute atomic E-state index is 0.217. The number of pyridine rings is 1. The molecule has 0 aliphatic carbocycles. The number of azide groups is 1. The van der Waals surface area contributed by atoms with Gasteiger partial charge in [0.15, 0.2) is 0 Å². The Morgan fingerprint density at radius 3 is 1.58 bits per heavy atom. The van der Waals surface area contributed by atoms with Crippen molar-refractivity contribution < 1.29 is 76.3 Å². The van der Waals surface area contributed by atoms with Gasteiger partial charge in [-0.25, -0.2) is 4.98 Å². The maximum atomic E-state index is 12.8. The van der Waals surface area contributed by atoms with E-state index in [4.69, 9.17) is 62.4 Å². The molecule has 0 bridgehead atoms. The molecule has 1 aromatic heterocycles. The number of anilines is 1. The lowest BCUT2D eigenvalue weighted by atomic mass is 9.95. The number of carbonyl (C=O) groups is 3. The first-order valence-electron chi connectivity index (χ1n) is 26.4. The van der Waals surface area contributed by atoms with E-state index >= 15 is 0 Å². The smallest absolute Gasteiger partial charge is 0.305 e. The number of aliphatic carboxylic acids is 1. The van der Waals surface area contributed by atoms with E-state index in [1.54, 1.807) is 18.3 Å². The van der Waals surface area contributed by atoms with Crippen LogP contribution in [0.2, 0.25) is 0 Å². The molecule has 4 rings (SSSR count). The quantitative estimate of drug-likeness (QED) is 0.0178. The molecule has 0 aliphatic heterocycles. The first-order chi connectivity index (χ1) is 38.3. The molecule has 1 heterocycles. The predicted octanol–water partition coefficient (Wildman–Crippen LogP) is 5.72. The fraction of sp³-hybridized carbons (Fsp3) is 0.564. The van der Waals surface area contributed by atoms with Crippen LogP contribution in [0.25, 0.3) is 32.3 Å². The fourth-order valence-corrected chi connectivity index (χ4v) is 7.24. The van der Waals surface area contributed by atoms with Crippen molar-refractivity contribution in [1.82, 2.24) is 15.6 Å². The number of aromatic nitrogens is 1. The maximum Gasteiger partial charge on any atom is 0.305 e. The molecule has 430 valence electrons. The molecule has 23 nitrogen and oxygen atoms in total. The summed E-state index contributed by atoms with van der Waals surface area (Å²) in [6, 6.07) is 22.3. The summed E-state index contributed by atoms with van der Waals surface area (Å²) < 4.78 is 66.7. The van der Waals surface area contributed by atoms with Crippen LogP contribution < -0.4 is 20.7 Å². The van der Waals surface area contributed by atoms with Crippen molar-refractivity contribution >= 4 is 34.4 Å². The van der Waals surface area contributed by atoms with Crippen LogP contribution in [0.4, 0.5) is 5.82 Å². The van der Waals surface area contributed by atoms with E-state index < -0.39 is 17.9 Å². The summed E-state index contributed by atoms with van der Waals surface area (Å²) in [6.45, 7) is 12.8. The van der Waals surface area contributed by atoms with E-state index in [1.807, 2.05) is 67.6 Å². The van der Waals surface area contributed by atoms with Crippen molar-refractivity contribution in [1.29, 1.82) is 0 Å². The van der Waals surface area contributed by atoms with Gasteiger partial charge in [-0.1, -0.05) is 59.7 Å². The second kappa shape index (κ2) is 42.9. The molecule has 0 saturated carbocycles. The zero-order valence-corrected chi connectivity index (χ0v) is 44.9. The van der Waals surface area contributed by atoms with Gasteiger partial charge in [-0.3, -0.25) is 14.4 Å². The minimum atomic E-state index is -1.07. The van der Waals surface area contributed by atoms with Crippen LogP contribution >= 0.6 is 0 Å². The van der Waals surface area contributed by atoms with Crippen molar-refractivity contribution in [3.63, 3.8) is 0 Å².